The maximum atomic E-state index is 13.1. The molecule has 0 saturated heterocycles. The van der Waals surface area contributed by atoms with Gasteiger partial charge in [0.25, 0.3) is 10.0 Å². The van der Waals surface area contributed by atoms with E-state index in [1.165, 1.54) is 27.2 Å². The van der Waals surface area contributed by atoms with Crippen molar-refractivity contribution in [3.8, 4) is 0 Å². The van der Waals surface area contributed by atoms with E-state index in [1.54, 1.807) is 20.9 Å². The smallest absolute Gasteiger partial charge is 0.268 e. The zero-order valence-corrected chi connectivity index (χ0v) is 15.1. The Morgan fingerprint density at radius 3 is 2.38 bits per heavy atom. The van der Waals surface area contributed by atoms with Gasteiger partial charge in [0.05, 0.1) is 22.0 Å². The number of aryl methyl sites for hydroxylation is 2. The second-order valence-corrected chi connectivity index (χ2v) is 9.15. The van der Waals surface area contributed by atoms with E-state index in [0.717, 1.165) is 0 Å². The lowest BCUT2D eigenvalue weighted by atomic mass is 10.2. The maximum absolute atomic E-state index is 13.1. The van der Waals surface area contributed by atoms with E-state index < -0.39 is 20.0 Å². The summed E-state index contributed by atoms with van der Waals surface area (Å²) in [5.41, 5.74) is 2.11. The number of nitrogens with two attached hydrogens (primary N) is 1. The molecule has 0 saturated carbocycles. The molecule has 24 heavy (non-hydrogen) atoms. The van der Waals surface area contributed by atoms with E-state index in [2.05, 4.69) is 5.10 Å². The van der Waals surface area contributed by atoms with Crippen molar-refractivity contribution in [1.82, 2.24) is 9.78 Å². The molecular weight excluding hydrogens is 352 g/mol. The molecule has 0 spiro atoms. The van der Waals surface area contributed by atoms with Gasteiger partial charge in [-0.15, -0.1) is 0 Å². The molecule has 0 aliphatic carbocycles. The van der Waals surface area contributed by atoms with Crippen LogP contribution in [0.25, 0.3) is 0 Å². The summed E-state index contributed by atoms with van der Waals surface area (Å²) in [5.74, 6) is 0. The van der Waals surface area contributed by atoms with Crippen LogP contribution in [0.15, 0.2) is 28.0 Å². The molecule has 2 heterocycles. The van der Waals surface area contributed by atoms with Gasteiger partial charge in [0, 0.05) is 13.6 Å². The van der Waals surface area contributed by atoms with Gasteiger partial charge >= 0.3 is 0 Å². The second kappa shape index (κ2) is 5.30. The highest BCUT2D eigenvalue weighted by Gasteiger charge is 2.35. The summed E-state index contributed by atoms with van der Waals surface area (Å²) < 4.78 is 51.9. The molecule has 1 aliphatic rings. The summed E-state index contributed by atoms with van der Waals surface area (Å²) in [5, 5.41) is 9.30. The van der Waals surface area contributed by atoms with Gasteiger partial charge in [-0.3, -0.25) is 8.99 Å². The SMILES string of the molecule is Cc1nn(C)c(C)c1S(=O)(=O)N1CCc2cc(S(N)(=O)=O)ccc21. The van der Waals surface area contributed by atoms with Crippen LogP contribution in [0.4, 0.5) is 5.69 Å². The summed E-state index contributed by atoms with van der Waals surface area (Å²) in [6.45, 7) is 3.61. The first-order chi connectivity index (χ1) is 11.0. The number of nitrogens with zero attached hydrogens (tertiary/aromatic N) is 3. The Morgan fingerprint density at radius 2 is 1.83 bits per heavy atom. The number of fused-ring (bicyclic) bond motifs is 1. The molecule has 0 fully saturated rings. The van der Waals surface area contributed by atoms with Gasteiger partial charge in [-0.2, -0.15) is 5.10 Å². The number of primary sulfonamides is 1. The van der Waals surface area contributed by atoms with Crippen LogP contribution in [0.1, 0.15) is 17.0 Å². The van der Waals surface area contributed by atoms with Crippen molar-refractivity contribution < 1.29 is 16.8 Å². The van der Waals surface area contributed by atoms with E-state index >= 15 is 0 Å². The normalized spacial score (nSPS) is 14.9. The molecule has 130 valence electrons. The van der Waals surface area contributed by atoms with Crippen LogP contribution < -0.4 is 9.44 Å². The minimum absolute atomic E-state index is 0.0192. The summed E-state index contributed by atoms with van der Waals surface area (Å²) in [4.78, 5) is 0.169. The van der Waals surface area contributed by atoms with Gasteiger partial charge in [-0.05, 0) is 44.0 Å². The summed E-state index contributed by atoms with van der Waals surface area (Å²) in [6, 6.07) is 4.24. The maximum Gasteiger partial charge on any atom is 0.268 e. The minimum atomic E-state index is -3.82. The number of anilines is 1. The highest BCUT2D eigenvalue weighted by atomic mass is 32.2. The van der Waals surface area contributed by atoms with E-state index in [4.69, 9.17) is 5.14 Å². The molecule has 1 aromatic heterocycles. The van der Waals surface area contributed by atoms with Crippen molar-refractivity contribution >= 4 is 25.7 Å². The highest BCUT2D eigenvalue weighted by molar-refractivity contribution is 7.93. The third kappa shape index (κ3) is 2.50. The van der Waals surface area contributed by atoms with Gasteiger partial charge in [0.2, 0.25) is 10.0 Å². The third-order valence-electron chi connectivity index (χ3n) is 4.22. The van der Waals surface area contributed by atoms with Crippen LogP contribution >= 0.6 is 0 Å². The lowest BCUT2D eigenvalue weighted by Crippen LogP contribution is -2.30. The van der Waals surface area contributed by atoms with Crippen molar-refractivity contribution in [2.24, 2.45) is 12.2 Å². The van der Waals surface area contributed by atoms with Crippen LogP contribution in [0.2, 0.25) is 0 Å². The molecule has 10 heteroatoms. The summed E-state index contributed by atoms with van der Waals surface area (Å²) in [6.07, 6.45) is 0.427. The molecule has 1 aromatic carbocycles. The van der Waals surface area contributed by atoms with E-state index in [1.807, 2.05) is 0 Å². The van der Waals surface area contributed by atoms with Crippen molar-refractivity contribution in [3.63, 3.8) is 0 Å². The number of sulfonamides is 2. The second-order valence-electron chi connectivity index (χ2n) is 5.79. The van der Waals surface area contributed by atoms with E-state index in [-0.39, 0.29) is 16.3 Å². The van der Waals surface area contributed by atoms with Gasteiger partial charge in [-0.25, -0.2) is 22.0 Å². The molecule has 3 rings (SSSR count). The standard InChI is InChI=1S/C14H18N4O4S2/c1-9-14(10(2)17(3)16-9)24(21,22)18-7-6-11-8-12(23(15,19)20)4-5-13(11)18/h4-5,8H,6-7H2,1-3H3,(H2,15,19,20). The van der Waals surface area contributed by atoms with Crippen molar-refractivity contribution in [2.75, 3.05) is 10.8 Å². The molecule has 8 nitrogen and oxygen atoms in total. The Bertz CT molecular complexity index is 1040. The predicted molar refractivity (Wildman–Crippen MR) is 88.7 cm³/mol. The van der Waals surface area contributed by atoms with Crippen molar-refractivity contribution in [2.45, 2.75) is 30.1 Å². The monoisotopic (exact) mass is 370 g/mol. The molecule has 2 N–H and O–H groups in total. The van der Waals surface area contributed by atoms with E-state index in [0.29, 0.717) is 29.1 Å². The Hall–Kier alpha value is -1.91. The van der Waals surface area contributed by atoms with Crippen LogP contribution in [0.5, 0.6) is 0 Å². The van der Waals surface area contributed by atoms with Crippen LogP contribution in [-0.4, -0.2) is 33.2 Å². The molecule has 0 amide bonds. The average Bonchev–Trinajstić information content (AvgIpc) is 2.99. The van der Waals surface area contributed by atoms with Crippen molar-refractivity contribution in [3.05, 3.63) is 35.2 Å². The van der Waals surface area contributed by atoms with Gasteiger partial charge in [-0.1, -0.05) is 0 Å². The number of hydrogen-bond donors (Lipinski definition) is 1. The first-order valence-electron chi connectivity index (χ1n) is 7.22. The number of aromatic nitrogens is 2. The molecule has 2 aromatic rings. The number of benzene rings is 1. The average molecular weight is 370 g/mol. The van der Waals surface area contributed by atoms with Crippen LogP contribution in [0.3, 0.4) is 0 Å². The Kier molecular flexibility index (Phi) is 3.74. The highest BCUT2D eigenvalue weighted by Crippen LogP contribution is 2.35. The fourth-order valence-corrected chi connectivity index (χ4v) is 5.49. The molecule has 0 atom stereocenters. The molecule has 0 radical (unpaired) electrons. The van der Waals surface area contributed by atoms with Crippen LogP contribution in [-0.2, 0) is 33.5 Å². The molecule has 0 unspecified atom stereocenters. The molecule has 1 aliphatic heterocycles. The quantitative estimate of drug-likeness (QED) is 0.841. The fourth-order valence-electron chi connectivity index (χ4n) is 3.01. The lowest BCUT2D eigenvalue weighted by Gasteiger charge is -2.20. The lowest BCUT2D eigenvalue weighted by molar-refractivity contribution is 0.590. The zero-order valence-electron chi connectivity index (χ0n) is 13.5. The summed E-state index contributed by atoms with van der Waals surface area (Å²) >= 11 is 0. The molecular formula is C14H18N4O4S2. The Morgan fingerprint density at radius 1 is 1.17 bits per heavy atom. The van der Waals surface area contributed by atoms with E-state index in [9.17, 15) is 16.8 Å². The van der Waals surface area contributed by atoms with Gasteiger partial charge in [0.1, 0.15) is 4.90 Å². The van der Waals surface area contributed by atoms with Crippen molar-refractivity contribution in [1.29, 1.82) is 0 Å². The predicted octanol–water partition coefficient (Wildman–Crippen LogP) is 0.436. The topological polar surface area (TPSA) is 115 Å². The minimum Gasteiger partial charge on any atom is -0.271 e. The number of rotatable bonds is 3. The van der Waals surface area contributed by atoms with Crippen LogP contribution in [0, 0.1) is 13.8 Å². The largest absolute Gasteiger partial charge is 0.271 e. The first-order valence-corrected chi connectivity index (χ1v) is 10.2. The van der Waals surface area contributed by atoms with Gasteiger partial charge < -0.3 is 0 Å². The Labute approximate surface area is 141 Å². The summed E-state index contributed by atoms with van der Waals surface area (Å²) in [7, 11) is -5.90. The fraction of sp³-hybridized carbons (Fsp3) is 0.357. The van der Waals surface area contributed by atoms with Gasteiger partial charge in [0.15, 0.2) is 0 Å². The molecule has 0 bridgehead atoms. The first kappa shape index (κ1) is 16.9. The Balaban J connectivity index is 2.11. The zero-order chi connectivity index (χ0) is 17.9. The third-order valence-corrected chi connectivity index (χ3v) is 7.20. The number of hydrogen-bond acceptors (Lipinski definition) is 5.